The minimum atomic E-state index is -0.266. The van der Waals surface area contributed by atoms with Crippen LogP contribution in [0.3, 0.4) is 0 Å². The molecule has 0 aromatic rings. The quantitative estimate of drug-likeness (QED) is 0.545. The molecule has 1 unspecified atom stereocenters. The molecular weight excluding hydrogens is 262 g/mol. The molecular formula is C13H25N3O4. The van der Waals surface area contributed by atoms with Gasteiger partial charge in [-0.2, -0.15) is 0 Å². The molecule has 1 aliphatic rings. The van der Waals surface area contributed by atoms with E-state index in [1.54, 1.807) is 6.92 Å². The second kappa shape index (κ2) is 10.2. The van der Waals surface area contributed by atoms with Gasteiger partial charge < -0.3 is 15.4 Å². The van der Waals surface area contributed by atoms with Crippen LogP contribution in [0, 0.1) is 5.92 Å². The van der Waals surface area contributed by atoms with E-state index in [4.69, 9.17) is 4.74 Å². The Hall–Kier alpha value is -1.63. The summed E-state index contributed by atoms with van der Waals surface area (Å²) in [4.78, 5) is 35.0. The number of carbonyl (C=O) groups excluding carboxylic acids is 3. The number of urea groups is 1. The van der Waals surface area contributed by atoms with Gasteiger partial charge in [-0.15, -0.1) is 0 Å². The number of imide groups is 1. The molecule has 7 heteroatoms. The molecule has 0 aliphatic carbocycles. The number of nitrogens with zero attached hydrogens (tertiary/aromatic N) is 1. The van der Waals surface area contributed by atoms with Gasteiger partial charge in [0.15, 0.2) is 0 Å². The molecule has 2 N–H and O–H groups in total. The Morgan fingerprint density at radius 2 is 2.00 bits per heavy atom. The second-order valence-electron chi connectivity index (χ2n) is 4.11. The number of carbonyl (C=O) groups is 3. The molecule has 1 atom stereocenters. The van der Waals surface area contributed by atoms with E-state index in [9.17, 15) is 14.4 Å². The lowest BCUT2D eigenvalue weighted by Crippen LogP contribution is -2.36. The summed E-state index contributed by atoms with van der Waals surface area (Å²) in [7, 11) is 1.53. The standard InChI is InChI=1S/C11H19N3O4.C2H6/c1-8-7-9(15)14(10(8)16)4-6-18-5-3-13-11(17)12-2;1-2/h8H,3-7H2,1-2H3,(H2,12,13,17);1-2H3. The van der Waals surface area contributed by atoms with Gasteiger partial charge >= 0.3 is 6.03 Å². The van der Waals surface area contributed by atoms with Gasteiger partial charge in [0.1, 0.15) is 0 Å². The number of hydrogen-bond donors (Lipinski definition) is 2. The number of nitrogens with one attached hydrogen (secondary N) is 2. The topological polar surface area (TPSA) is 87.7 Å². The fraction of sp³-hybridized carbons (Fsp3) is 0.769. The van der Waals surface area contributed by atoms with E-state index in [-0.39, 0.29) is 36.7 Å². The highest BCUT2D eigenvalue weighted by Crippen LogP contribution is 2.17. The monoisotopic (exact) mass is 287 g/mol. The molecule has 1 rings (SSSR count). The summed E-state index contributed by atoms with van der Waals surface area (Å²) in [5.74, 6) is -0.487. The van der Waals surface area contributed by atoms with Gasteiger partial charge in [-0.1, -0.05) is 20.8 Å². The second-order valence-corrected chi connectivity index (χ2v) is 4.11. The molecule has 1 fully saturated rings. The van der Waals surface area contributed by atoms with Crippen molar-refractivity contribution in [2.24, 2.45) is 5.92 Å². The van der Waals surface area contributed by atoms with Gasteiger partial charge in [0.2, 0.25) is 11.8 Å². The summed E-state index contributed by atoms with van der Waals surface area (Å²) >= 11 is 0. The molecule has 1 saturated heterocycles. The van der Waals surface area contributed by atoms with Crippen LogP contribution in [0.25, 0.3) is 0 Å². The van der Waals surface area contributed by atoms with Gasteiger partial charge in [0.05, 0.1) is 19.8 Å². The number of hydrogen-bond acceptors (Lipinski definition) is 4. The largest absolute Gasteiger partial charge is 0.378 e. The van der Waals surface area contributed by atoms with Crippen LogP contribution < -0.4 is 10.6 Å². The van der Waals surface area contributed by atoms with Crippen LogP contribution in [0.1, 0.15) is 27.2 Å². The van der Waals surface area contributed by atoms with Crippen molar-refractivity contribution < 1.29 is 19.1 Å². The van der Waals surface area contributed by atoms with Crippen molar-refractivity contribution in [3.63, 3.8) is 0 Å². The molecule has 4 amide bonds. The van der Waals surface area contributed by atoms with Gasteiger partial charge in [-0.05, 0) is 0 Å². The van der Waals surface area contributed by atoms with Crippen LogP contribution in [0.4, 0.5) is 4.79 Å². The highest BCUT2D eigenvalue weighted by molar-refractivity contribution is 6.03. The minimum Gasteiger partial charge on any atom is -0.378 e. The van der Waals surface area contributed by atoms with Crippen LogP contribution in [-0.2, 0) is 14.3 Å². The summed E-state index contributed by atoms with van der Waals surface area (Å²) in [5.41, 5.74) is 0. The third-order valence-corrected chi connectivity index (χ3v) is 2.69. The molecule has 7 nitrogen and oxygen atoms in total. The predicted molar refractivity (Wildman–Crippen MR) is 75.1 cm³/mol. The van der Waals surface area contributed by atoms with E-state index in [1.807, 2.05) is 13.8 Å². The Balaban J connectivity index is 0.00000172. The highest BCUT2D eigenvalue weighted by atomic mass is 16.5. The van der Waals surface area contributed by atoms with Crippen LogP contribution >= 0.6 is 0 Å². The maximum Gasteiger partial charge on any atom is 0.314 e. The van der Waals surface area contributed by atoms with Crippen molar-refractivity contribution in [1.82, 2.24) is 15.5 Å². The fourth-order valence-electron chi connectivity index (χ4n) is 1.67. The van der Waals surface area contributed by atoms with Crippen LogP contribution in [0.2, 0.25) is 0 Å². The average molecular weight is 287 g/mol. The van der Waals surface area contributed by atoms with Gasteiger partial charge in [-0.3, -0.25) is 14.5 Å². The highest BCUT2D eigenvalue weighted by Gasteiger charge is 2.34. The summed E-state index contributed by atoms with van der Waals surface area (Å²) in [6.07, 6.45) is 0.289. The van der Waals surface area contributed by atoms with E-state index in [0.29, 0.717) is 19.8 Å². The maximum absolute atomic E-state index is 11.5. The number of amides is 4. The van der Waals surface area contributed by atoms with Crippen molar-refractivity contribution in [3.05, 3.63) is 0 Å². The van der Waals surface area contributed by atoms with E-state index < -0.39 is 0 Å². The fourth-order valence-corrected chi connectivity index (χ4v) is 1.67. The first kappa shape index (κ1) is 18.4. The molecule has 0 spiro atoms. The Kier molecular flexibility index (Phi) is 9.36. The normalized spacial score (nSPS) is 17.6. The summed E-state index contributed by atoms with van der Waals surface area (Å²) < 4.78 is 5.23. The van der Waals surface area contributed by atoms with Crippen LogP contribution in [-0.4, -0.2) is 56.1 Å². The van der Waals surface area contributed by atoms with Crippen LogP contribution in [0.15, 0.2) is 0 Å². The first-order valence-corrected chi connectivity index (χ1v) is 6.93. The maximum atomic E-state index is 11.5. The van der Waals surface area contributed by atoms with E-state index in [2.05, 4.69) is 10.6 Å². The van der Waals surface area contributed by atoms with Crippen molar-refractivity contribution >= 4 is 17.8 Å². The molecule has 116 valence electrons. The third-order valence-electron chi connectivity index (χ3n) is 2.69. The predicted octanol–water partition coefficient (Wildman–Crippen LogP) is 0.353. The SMILES string of the molecule is CC.CNC(=O)NCCOCCN1C(=O)CC(C)C1=O. The molecule has 0 saturated carbocycles. The zero-order valence-electron chi connectivity index (χ0n) is 12.7. The van der Waals surface area contributed by atoms with Gasteiger partial charge in [0.25, 0.3) is 0 Å². The lowest BCUT2D eigenvalue weighted by Gasteiger charge is -2.14. The van der Waals surface area contributed by atoms with E-state index in [0.717, 1.165) is 0 Å². The average Bonchev–Trinajstić information content (AvgIpc) is 2.70. The van der Waals surface area contributed by atoms with Crippen molar-refractivity contribution in [2.75, 3.05) is 33.4 Å². The van der Waals surface area contributed by atoms with Crippen molar-refractivity contribution in [1.29, 1.82) is 0 Å². The Bertz CT molecular complexity index is 334. The number of ether oxygens (including phenoxy) is 1. The van der Waals surface area contributed by atoms with Crippen molar-refractivity contribution in [2.45, 2.75) is 27.2 Å². The Morgan fingerprint density at radius 3 is 2.50 bits per heavy atom. The number of likely N-dealkylation sites (tertiary alicyclic amines) is 1. The molecule has 0 radical (unpaired) electrons. The molecule has 1 heterocycles. The van der Waals surface area contributed by atoms with Gasteiger partial charge in [0, 0.05) is 25.9 Å². The third kappa shape index (κ3) is 6.01. The first-order chi connectivity index (χ1) is 9.56. The zero-order valence-corrected chi connectivity index (χ0v) is 12.7. The number of rotatable bonds is 6. The van der Waals surface area contributed by atoms with E-state index in [1.165, 1.54) is 11.9 Å². The van der Waals surface area contributed by atoms with E-state index >= 15 is 0 Å². The zero-order chi connectivity index (χ0) is 15.5. The van der Waals surface area contributed by atoms with Gasteiger partial charge in [-0.25, -0.2) is 4.79 Å². The molecule has 0 aromatic heterocycles. The van der Waals surface area contributed by atoms with Crippen molar-refractivity contribution in [3.8, 4) is 0 Å². The molecule has 1 aliphatic heterocycles. The van der Waals surface area contributed by atoms with Crippen LogP contribution in [0.5, 0.6) is 0 Å². The first-order valence-electron chi connectivity index (χ1n) is 6.93. The smallest absolute Gasteiger partial charge is 0.314 e. The summed E-state index contributed by atoms with van der Waals surface area (Å²) in [6.45, 7) is 7.05. The summed E-state index contributed by atoms with van der Waals surface area (Å²) in [6, 6.07) is -0.266. The Labute approximate surface area is 120 Å². The molecule has 20 heavy (non-hydrogen) atoms. The molecule has 0 aromatic carbocycles. The minimum absolute atomic E-state index is 0.132. The lowest BCUT2D eigenvalue weighted by atomic mass is 10.1. The lowest BCUT2D eigenvalue weighted by molar-refractivity contribution is -0.140. The summed E-state index contributed by atoms with van der Waals surface area (Å²) in [5, 5.41) is 4.98. The molecule has 0 bridgehead atoms. The Morgan fingerprint density at radius 1 is 1.35 bits per heavy atom.